The Balaban J connectivity index is 2.68. The summed E-state index contributed by atoms with van der Waals surface area (Å²) in [5.41, 5.74) is 0.669. The van der Waals surface area contributed by atoms with E-state index in [0.29, 0.717) is 5.69 Å². The van der Waals surface area contributed by atoms with Crippen LogP contribution in [0, 0.1) is 5.92 Å². The molecule has 0 aliphatic carbocycles. The van der Waals surface area contributed by atoms with E-state index >= 15 is 0 Å². The van der Waals surface area contributed by atoms with E-state index in [1.54, 1.807) is 13.1 Å². The molecule has 0 saturated heterocycles. The van der Waals surface area contributed by atoms with Crippen LogP contribution in [-0.4, -0.2) is 34.0 Å². The number of hydrogen-bond donors (Lipinski definition) is 0. The Morgan fingerprint density at radius 2 is 1.76 bits per heavy atom. The molecule has 1 unspecified atom stereocenters. The Labute approximate surface area is 129 Å². The second-order valence-corrected chi connectivity index (χ2v) is 8.38. The molecule has 1 atom stereocenters. The minimum Gasteiger partial charge on any atom is -0.359 e. The standard InChI is InChI=1S/C14H19ClN2O3S/c1-9(2)14(3)13(18)16(4)12-8-10(21(15,19)20)6-7-11(12)17(14)5/h6-9H,1-5H3. The number of likely N-dealkylation sites (N-methyl/N-ethyl adjacent to an activating group) is 2. The zero-order chi connectivity index (χ0) is 16.2. The van der Waals surface area contributed by atoms with Gasteiger partial charge in [-0.15, -0.1) is 0 Å². The maximum absolute atomic E-state index is 12.7. The third-order valence-electron chi connectivity index (χ3n) is 4.51. The van der Waals surface area contributed by atoms with Crippen molar-refractivity contribution in [1.82, 2.24) is 0 Å². The van der Waals surface area contributed by atoms with Gasteiger partial charge in [0.25, 0.3) is 15.0 Å². The average Bonchev–Trinajstić information content (AvgIpc) is 2.40. The normalized spacial score (nSPS) is 22.7. The number of carbonyl (C=O) groups is 1. The molecule has 0 fully saturated rings. The first-order chi connectivity index (χ1) is 9.51. The summed E-state index contributed by atoms with van der Waals surface area (Å²) in [5, 5.41) is 0. The molecule has 1 aromatic rings. The molecule has 21 heavy (non-hydrogen) atoms. The third-order valence-corrected chi connectivity index (χ3v) is 5.86. The molecule has 0 N–H and O–H groups in total. The van der Waals surface area contributed by atoms with Crippen molar-refractivity contribution >= 4 is 37.0 Å². The van der Waals surface area contributed by atoms with Crippen molar-refractivity contribution in [2.45, 2.75) is 31.2 Å². The molecule has 7 heteroatoms. The molecule has 2 rings (SSSR count). The highest BCUT2D eigenvalue weighted by Gasteiger charge is 2.47. The van der Waals surface area contributed by atoms with Crippen molar-refractivity contribution in [3.8, 4) is 0 Å². The van der Waals surface area contributed by atoms with E-state index in [4.69, 9.17) is 10.7 Å². The molecule has 1 aliphatic rings. The van der Waals surface area contributed by atoms with E-state index in [0.717, 1.165) is 5.69 Å². The molecule has 0 radical (unpaired) electrons. The number of benzene rings is 1. The summed E-state index contributed by atoms with van der Waals surface area (Å²) in [6.45, 7) is 5.88. The highest BCUT2D eigenvalue weighted by molar-refractivity contribution is 8.13. The van der Waals surface area contributed by atoms with Crippen LogP contribution in [0.3, 0.4) is 0 Å². The molecular formula is C14H19ClN2O3S. The summed E-state index contributed by atoms with van der Waals surface area (Å²) in [6.07, 6.45) is 0. The van der Waals surface area contributed by atoms with Crippen LogP contribution in [-0.2, 0) is 13.8 Å². The van der Waals surface area contributed by atoms with Gasteiger partial charge < -0.3 is 9.80 Å². The van der Waals surface area contributed by atoms with Crippen molar-refractivity contribution in [3.05, 3.63) is 18.2 Å². The molecule has 1 heterocycles. The van der Waals surface area contributed by atoms with Gasteiger partial charge in [-0.2, -0.15) is 0 Å². The molecule has 0 saturated carbocycles. The van der Waals surface area contributed by atoms with Crippen LogP contribution < -0.4 is 9.80 Å². The van der Waals surface area contributed by atoms with Gasteiger partial charge in [0.1, 0.15) is 5.54 Å². The summed E-state index contributed by atoms with van der Waals surface area (Å²) in [6, 6.07) is 4.59. The van der Waals surface area contributed by atoms with Crippen molar-refractivity contribution in [1.29, 1.82) is 0 Å². The van der Waals surface area contributed by atoms with Gasteiger partial charge in [-0.25, -0.2) is 8.42 Å². The zero-order valence-electron chi connectivity index (χ0n) is 12.7. The lowest BCUT2D eigenvalue weighted by molar-refractivity contribution is -0.124. The maximum Gasteiger partial charge on any atom is 0.261 e. The highest BCUT2D eigenvalue weighted by atomic mass is 35.7. The molecule has 5 nitrogen and oxygen atoms in total. The Kier molecular flexibility index (Phi) is 3.74. The predicted octanol–water partition coefficient (Wildman–Crippen LogP) is 2.44. The lowest BCUT2D eigenvalue weighted by atomic mass is 9.83. The van der Waals surface area contributed by atoms with E-state index in [1.165, 1.54) is 17.0 Å². The largest absolute Gasteiger partial charge is 0.359 e. The van der Waals surface area contributed by atoms with Crippen LogP contribution in [0.1, 0.15) is 20.8 Å². The first-order valence-electron chi connectivity index (χ1n) is 6.62. The third kappa shape index (κ3) is 2.30. The Morgan fingerprint density at radius 1 is 1.19 bits per heavy atom. The van der Waals surface area contributed by atoms with E-state index in [2.05, 4.69) is 0 Å². The van der Waals surface area contributed by atoms with E-state index in [9.17, 15) is 13.2 Å². The van der Waals surface area contributed by atoms with Crippen molar-refractivity contribution in [3.63, 3.8) is 0 Å². The fraction of sp³-hybridized carbons (Fsp3) is 0.500. The number of fused-ring (bicyclic) bond motifs is 1. The summed E-state index contributed by atoms with van der Waals surface area (Å²) in [7, 11) is 5.06. The van der Waals surface area contributed by atoms with Crippen LogP contribution >= 0.6 is 10.7 Å². The number of halogens is 1. The summed E-state index contributed by atoms with van der Waals surface area (Å²) in [5.74, 6) is 0.0265. The molecule has 1 amide bonds. The number of nitrogens with zero attached hydrogens (tertiary/aromatic N) is 2. The molecule has 1 aliphatic heterocycles. The SMILES string of the molecule is CC(C)C1(C)C(=O)N(C)c2cc(S(=O)(=O)Cl)ccc2N1C. The van der Waals surface area contributed by atoms with E-state index in [-0.39, 0.29) is 16.7 Å². The summed E-state index contributed by atoms with van der Waals surface area (Å²) in [4.78, 5) is 16.1. The number of anilines is 2. The fourth-order valence-corrected chi connectivity index (χ4v) is 3.45. The van der Waals surface area contributed by atoms with E-state index < -0.39 is 14.6 Å². The number of hydrogen-bond acceptors (Lipinski definition) is 4. The molecule has 0 aromatic heterocycles. The van der Waals surface area contributed by atoms with Crippen LogP contribution in [0.4, 0.5) is 11.4 Å². The topological polar surface area (TPSA) is 57.7 Å². The first kappa shape index (κ1) is 16.1. The highest BCUT2D eigenvalue weighted by Crippen LogP contribution is 2.43. The van der Waals surface area contributed by atoms with Gasteiger partial charge in [0.15, 0.2) is 0 Å². The molecule has 1 aromatic carbocycles. The Bertz CT molecular complexity index is 702. The van der Waals surface area contributed by atoms with Gasteiger partial charge in [0.2, 0.25) is 0 Å². The number of amides is 1. The quantitative estimate of drug-likeness (QED) is 0.781. The second-order valence-electron chi connectivity index (χ2n) is 5.81. The van der Waals surface area contributed by atoms with Gasteiger partial charge in [0.05, 0.1) is 16.3 Å². The molecule has 0 spiro atoms. The van der Waals surface area contributed by atoms with Crippen LogP contribution in [0.15, 0.2) is 23.1 Å². The summed E-state index contributed by atoms with van der Waals surface area (Å²) >= 11 is 0. The Morgan fingerprint density at radius 3 is 2.24 bits per heavy atom. The minimum absolute atomic E-state index is 0.0101. The molecule has 0 bridgehead atoms. The lowest BCUT2D eigenvalue weighted by Gasteiger charge is -2.49. The molecular weight excluding hydrogens is 312 g/mol. The van der Waals surface area contributed by atoms with Crippen LogP contribution in [0.2, 0.25) is 0 Å². The van der Waals surface area contributed by atoms with Gasteiger partial charge in [-0.05, 0) is 31.0 Å². The number of carbonyl (C=O) groups excluding carboxylic acids is 1. The zero-order valence-corrected chi connectivity index (χ0v) is 14.3. The maximum atomic E-state index is 12.7. The van der Waals surface area contributed by atoms with E-state index in [1.807, 2.05) is 32.7 Å². The minimum atomic E-state index is -3.82. The lowest BCUT2D eigenvalue weighted by Crippen LogP contribution is -2.62. The van der Waals surface area contributed by atoms with Crippen LogP contribution in [0.25, 0.3) is 0 Å². The Hall–Kier alpha value is -1.27. The second kappa shape index (κ2) is 4.88. The smallest absolute Gasteiger partial charge is 0.261 e. The van der Waals surface area contributed by atoms with Gasteiger partial charge in [-0.1, -0.05) is 13.8 Å². The van der Waals surface area contributed by atoms with Crippen molar-refractivity contribution < 1.29 is 13.2 Å². The van der Waals surface area contributed by atoms with Crippen molar-refractivity contribution in [2.75, 3.05) is 23.9 Å². The average molecular weight is 331 g/mol. The monoisotopic (exact) mass is 330 g/mol. The molecule has 116 valence electrons. The van der Waals surface area contributed by atoms with Crippen molar-refractivity contribution in [2.24, 2.45) is 5.92 Å². The van der Waals surface area contributed by atoms with Crippen LogP contribution in [0.5, 0.6) is 0 Å². The first-order valence-corrected chi connectivity index (χ1v) is 8.93. The fourth-order valence-electron chi connectivity index (χ4n) is 2.68. The van der Waals surface area contributed by atoms with Gasteiger partial charge in [-0.3, -0.25) is 4.79 Å². The predicted molar refractivity (Wildman–Crippen MR) is 84.5 cm³/mol. The van der Waals surface area contributed by atoms with Gasteiger partial charge >= 0.3 is 0 Å². The summed E-state index contributed by atoms with van der Waals surface area (Å²) < 4.78 is 22.9. The number of rotatable bonds is 2. The van der Waals surface area contributed by atoms with Gasteiger partial charge in [0, 0.05) is 24.8 Å².